The summed E-state index contributed by atoms with van der Waals surface area (Å²) in [6, 6.07) is 3.04. The van der Waals surface area contributed by atoms with Crippen molar-refractivity contribution in [2.75, 3.05) is 0 Å². The molecule has 19 heavy (non-hydrogen) atoms. The lowest BCUT2D eigenvalue weighted by molar-refractivity contribution is 0.0421. The van der Waals surface area contributed by atoms with Gasteiger partial charge in [0.15, 0.2) is 0 Å². The van der Waals surface area contributed by atoms with E-state index in [1.807, 2.05) is 0 Å². The standard InChI is InChI=1S/C17H32N2/c1-12(2)8-13-4-3-5-15(9-13)19-16-6-7-17(19)11-14(18)10-16/h12-17H,3-11,18H2,1-2H3. The summed E-state index contributed by atoms with van der Waals surface area (Å²) in [7, 11) is 0. The van der Waals surface area contributed by atoms with Gasteiger partial charge in [0.1, 0.15) is 0 Å². The van der Waals surface area contributed by atoms with Crippen molar-refractivity contribution in [1.82, 2.24) is 4.90 Å². The fourth-order valence-electron chi connectivity index (χ4n) is 5.27. The van der Waals surface area contributed by atoms with Gasteiger partial charge in [-0.3, -0.25) is 4.90 Å². The van der Waals surface area contributed by atoms with Crippen LogP contribution in [0.4, 0.5) is 0 Å². The Kier molecular flexibility index (Phi) is 4.19. The Labute approximate surface area is 119 Å². The average Bonchev–Trinajstić information content (AvgIpc) is 2.61. The molecule has 2 N–H and O–H groups in total. The first kappa shape index (κ1) is 13.9. The predicted octanol–water partition coefficient (Wildman–Crippen LogP) is 3.55. The Morgan fingerprint density at radius 1 is 0.947 bits per heavy atom. The smallest absolute Gasteiger partial charge is 0.0116 e. The largest absolute Gasteiger partial charge is 0.328 e. The molecule has 0 aromatic rings. The van der Waals surface area contributed by atoms with Gasteiger partial charge < -0.3 is 5.73 Å². The van der Waals surface area contributed by atoms with Gasteiger partial charge in [0.25, 0.3) is 0 Å². The molecule has 0 aromatic heterocycles. The van der Waals surface area contributed by atoms with Crippen LogP contribution in [0.2, 0.25) is 0 Å². The number of rotatable bonds is 3. The van der Waals surface area contributed by atoms with E-state index < -0.39 is 0 Å². The van der Waals surface area contributed by atoms with E-state index in [0.29, 0.717) is 6.04 Å². The quantitative estimate of drug-likeness (QED) is 0.844. The van der Waals surface area contributed by atoms with E-state index in [0.717, 1.165) is 30.0 Å². The SMILES string of the molecule is CC(C)CC1CCCC(N2C3CCC2CC(N)C3)C1. The van der Waals surface area contributed by atoms with E-state index >= 15 is 0 Å². The van der Waals surface area contributed by atoms with Gasteiger partial charge in [-0.2, -0.15) is 0 Å². The fraction of sp³-hybridized carbons (Fsp3) is 1.00. The van der Waals surface area contributed by atoms with Crippen molar-refractivity contribution < 1.29 is 0 Å². The first-order valence-electron chi connectivity index (χ1n) is 8.66. The van der Waals surface area contributed by atoms with E-state index in [2.05, 4.69) is 18.7 Å². The molecule has 2 bridgehead atoms. The molecule has 3 rings (SSSR count). The zero-order valence-electron chi connectivity index (χ0n) is 12.9. The Morgan fingerprint density at radius 2 is 1.58 bits per heavy atom. The normalized spacial score (nSPS) is 43.9. The number of hydrogen-bond acceptors (Lipinski definition) is 2. The van der Waals surface area contributed by atoms with Gasteiger partial charge in [0, 0.05) is 24.2 Å². The van der Waals surface area contributed by atoms with Crippen molar-refractivity contribution in [3.05, 3.63) is 0 Å². The zero-order chi connectivity index (χ0) is 13.4. The maximum absolute atomic E-state index is 6.21. The van der Waals surface area contributed by atoms with Crippen LogP contribution < -0.4 is 5.73 Å². The van der Waals surface area contributed by atoms with Crippen molar-refractivity contribution in [3.63, 3.8) is 0 Å². The van der Waals surface area contributed by atoms with Crippen LogP contribution in [0.15, 0.2) is 0 Å². The minimum Gasteiger partial charge on any atom is -0.328 e. The molecule has 2 nitrogen and oxygen atoms in total. The van der Waals surface area contributed by atoms with Crippen LogP contribution in [0, 0.1) is 11.8 Å². The van der Waals surface area contributed by atoms with E-state index in [4.69, 9.17) is 5.73 Å². The summed E-state index contributed by atoms with van der Waals surface area (Å²) >= 11 is 0. The minimum atomic E-state index is 0.490. The van der Waals surface area contributed by atoms with Crippen molar-refractivity contribution >= 4 is 0 Å². The number of fused-ring (bicyclic) bond motifs is 2. The molecular weight excluding hydrogens is 232 g/mol. The van der Waals surface area contributed by atoms with Crippen LogP contribution >= 0.6 is 0 Å². The molecule has 4 atom stereocenters. The Bertz CT molecular complexity index is 288. The lowest BCUT2D eigenvalue weighted by Crippen LogP contribution is -2.53. The third-order valence-electron chi connectivity index (χ3n) is 5.81. The Morgan fingerprint density at radius 3 is 2.21 bits per heavy atom. The number of nitrogens with zero attached hydrogens (tertiary/aromatic N) is 1. The number of piperidine rings is 1. The molecule has 2 heterocycles. The van der Waals surface area contributed by atoms with Crippen LogP contribution in [0.1, 0.15) is 71.6 Å². The first-order valence-corrected chi connectivity index (χ1v) is 8.66. The van der Waals surface area contributed by atoms with Crippen LogP contribution in [0.25, 0.3) is 0 Å². The molecule has 0 spiro atoms. The van der Waals surface area contributed by atoms with Crippen LogP contribution in [0.5, 0.6) is 0 Å². The lowest BCUT2D eigenvalue weighted by Gasteiger charge is -2.46. The Balaban J connectivity index is 1.62. The second-order valence-electron chi connectivity index (χ2n) is 7.88. The molecule has 1 aliphatic carbocycles. The van der Waals surface area contributed by atoms with E-state index in [9.17, 15) is 0 Å². The maximum Gasteiger partial charge on any atom is 0.0116 e. The van der Waals surface area contributed by atoms with Gasteiger partial charge in [-0.05, 0) is 56.8 Å². The molecule has 3 aliphatic rings. The van der Waals surface area contributed by atoms with Crippen LogP contribution in [-0.2, 0) is 0 Å². The molecule has 3 fully saturated rings. The van der Waals surface area contributed by atoms with E-state index in [1.54, 1.807) is 0 Å². The van der Waals surface area contributed by atoms with E-state index in [-0.39, 0.29) is 0 Å². The fourth-order valence-corrected chi connectivity index (χ4v) is 5.27. The summed E-state index contributed by atoms with van der Waals surface area (Å²) in [5.41, 5.74) is 6.21. The van der Waals surface area contributed by atoms with Crippen molar-refractivity contribution in [2.45, 2.75) is 95.8 Å². The highest BCUT2D eigenvalue weighted by Gasteiger charge is 2.43. The molecule has 4 unspecified atom stereocenters. The molecule has 2 aliphatic heterocycles. The third-order valence-corrected chi connectivity index (χ3v) is 5.81. The van der Waals surface area contributed by atoms with Crippen LogP contribution in [-0.4, -0.2) is 29.1 Å². The molecule has 110 valence electrons. The summed E-state index contributed by atoms with van der Waals surface area (Å²) in [5, 5.41) is 0. The van der Waals surface area contributed by atoms with Crippen molar-refractivity contribution in [1.29, 1.82) is 0 Å². The maximum atomic E-state index is 6.21. The van der Waals surface area contributed by atoms with Gasteiger partial charge in [-0.25, -0.2) is 0 Å². The van der Waals surface area contributed by atoms with Gasteiger partial charge in [0.2, 0.25) is 0 Å². The van der Waals surface area contributed by atoms with E-state index in [1.165, 1.54) is 57.8 Å². The first-order chi connectivity index (χ1) is 9.13. The topological polar surface area (TPSA) is 29.3 Å². The third kappa shape index (κ3) is 3.00. The molecule has 0 amide bonds. The van der Waals surface area contributed by atoms with Gasteiger partial charge >= 0.3 is 0 Å². The molecular formula is C17H32N2. The molecule has 2 heteroatoms. The van der Waals surface area contributed by atoms with Gasteiger partial charge in [0.05, 0.1) is 0 Å². The Hall–Kier alpha value is -0.0800. The summed E-state index contributed by atoms with van der Waals surface area (Å²) in [6.07, 6.45) is 12.7. The molecule has 2 saturated heterocycles. The summed E-state index contributed by atoms with van der Waals surface area (Å²) in [6.45, 7) is 4.76. The van der Waals surface area contributed by atoms with Crippen molar-refractivity contribution in [2.24, 2.45) is 17.6 Å². The molecule has 1 saturated carbocycles. The average molecular weight is 264 g/mol. The second kappa shape index (κ2) is 5.73. The zero-order valence-corrected chi connectivity index (χ0v) is 12.9. The van der Waals surface area contributed by atoms with Gasteiger partial charge in [-0.15, -0.1) is 0 Å². The molecule has 0 radical (unpaired) electrons. The predicted molar refractivity (Wildman–Crippen MR) is 81.1 cm³/mol. The number of nitrogens with two attached hydrogens (primary N) is 1. The number of hydrogen-bond donors (Lipinski definition) is 1. The minimum absolute atomic E-state index is 0.490. The monoisotopic (exact) mass is 264 g/mol. The molecule has 0 aromatic carbocycles. The second-order valence-corrected chi connectivity index (χ2v) is 7.88. The highest BCUT2D eigenvalue weighted by molar-refractivity contribution is 5.00. The highest BCUT2D eigenvalue weighted by Crippen LogP contribution is 2.41. The highest BCUT2D eigenvalue weighted by atomic mass is 15.3. The van der Waals surface area contributed by atoms with Crippen molar-refractivity contribution in [3.8, 4) is 0 Å². The summed E-state index contributed by atoms with van der Waals surface area (Å²) in [4.78, 5) is 2.93. The summed E-state index contributed by atoms with van der Waals surface area (Å²) < 4.78 is 0. The summed E-state index contributed by atoms with van der Waals surface area (Å²) in [5.74, 6) is 1.86. The van der Waals surface area contributed by atoms with Gasteiger partial charge in [-0.1, -0.05) is 26.7 Å². The lowest BCUT2D eigenvalue weighted by atomic mass is 9.79. The van der Waals surface area contributed by atoms with Crippen LogP contribution in [0.3, 0.4) is 0 Å².